The maximum absolute atomic E-state index is 12.9. The first kappa shape index (κ1) is 17.7. The number of ether oxygens (including phenoxy) is 2. The molecule has 2 aromatic carbocycles. The van der Waals surface area contributed by atoms with E-state index < -0.39 is 12.0 Å². The van der Waals surface area contributed by atoms with Crippen LogP contribution in [-0.2, 0) is 9.59 Å². The van der Waals surface area contributed by atoms with Crippen LogP contribution in [-0.4, -0.2) is 24.5 Å². The zero-order valence-corrected chi connectivity index (χ0v) is 14.2. The van der Waals surface area contributed by atoms with Crippen LogP contribution < -0.4 is 20.3 Å². The van der Waals surface area contributed by atoms with E-state index in [0.29, 0.717) is 11.5 Å². The van der Waals surface area contributed by atoms with E-state index in [1.54, 1.807) is 30.3 Å². The number of carbonyl (C=O) groups is 2. The van der Waals surface area contributed by atoms with Gasteiger partial charge >= 0.3 is 0 Å². The van der Waals surface area contributed by atoms with Gasteiger partial charge in [0.25, 0.3) is 5.91 Å². The predicted octanol–water partition coefficient (Wildman–Crippen LogP) is 2.31. The maximum Gasteiger partial charge on any atom is 0.283 e. The monoisotopic (exact) mass is 358 g/mol. The molecule has 0 saturated heterocycles. The van der Waals surface area contributed by atoms with Crippen LogP contribution in [0.2, 0.25) is 0 Å². The van der Waals surface area contributed by atoms with Crippen LogP contribution in [0.3, 0.4) is 0 Å². The molecule has 2 N–H and O–H groups in total. The normalized spacial score (nSPS) is 16.5. The third kappa shape index (κ3) is 4.30. The van der Waals surface area contributed by atoms with Gasteiger partial charge in [-0.3, -0.25) is 20.4 Å². The number of para-hydroxylation sites is 2. The molecule has 0 aromatic heterocycles. The van der Waals surface area contributed by atoms with E-state index in [0.717, 1.165) is 5.56 Å². The third-order valence-electron chi connectivity index (χ3n) is 4.06. The Bertz CT molecular complexity index is 794. The van der Waals surface area contributed by atoms with Crippen LogP contribution in [0, 0.1) is 5.82 Å². The van der Waals surface area contributed by atoms with Crippen LogP contribution in [0.15, 0.2) is 48.5 Å². The van der Waals surface area contributed by atoms with Gasteiger partial charge in [-0.2, -0.15) is 0 Å². The molecule has 136 valence electrons. The Balaban J connectivity index is 1.47. The molecular formula is C19H19FN2O4. The topological polar surface area (TPSA) is 76.7 Å². The van der Waals surface area contributed by atoms with Crippen molar-refractivity contribution in [2.75, 3.05) is 6.61 Å². The minimum atomic E-state index is -0.847. The Labute approximate surface area is 150 Å². The Morgan fingerprint density at radius 3 is 2.54 bits per heavy atom. The van der Waals surface area contributed by atoms with Crippen molar-refractivity contribution >= 4 is 11.8 Å². The number of hydrazine groups is 1. The summed E-state index contributed by atoms with van der Waals surface area (Å²) in [5, 5.41) is 0. The lowest BCUT2D eigenvalue weighted by Crippen LogP contribution is -2.51. The molecule has 0 aliphatic carbocycles. The second-order valence-corrected chi connectivity index (χ2v) is 6.06. The Hall–Kier alpha value is -3.09. The molecule has 0 fully saturated rings. The number of amides is 2. The molecule has 2 amide bonds. The predicted molar refractivity (Wildman–Crippen MR) is 92.1 cm³/mol. The molecule has 0 spiro atoms. The number of halogens is 1. The number of rotatable bonds is 4. The van der Waals surface area contributed by atoms with Crippen molar-refractivity contribution in [1.82, 2.24) is 10.9 Å². The zero-order valence-electron chi connectivity index (χ0n) is 14.2. The highest BCUT2D eigenvalue weighted by Gasteiger charge is 2.27. The van der Waals surface area contributed by atoms with Crippen molar-refractivity contribution in [2.24, 2.45) is 0 Å². The summed E-state index contributed by atoms with van der Waals surface area (Å²) < 4.78 is 24.0. The van der Waals surface area contributed by atoms with Crippen LogP contribution in [0.4, 0.5) is 4.39 Å². The highest BCUT2D eigenvalue weighted by atomic mass is 19.1. The molecule has 26 heavy (non-hydrogen) atoms. The van der Waals surface area contributed by atoms with Gasteiger partial charge in [-0.05, 0) is 35.7 Å². The Morgan fingerprint density at radius 2 is 1.81 bits per heavy atom. The molecule has 0 saturated carbocycles. The van der Waals surface area contributed by atoms with Crippen molar-refractivity contribution in [3.8, 4) is 11.5 Å². The summed E-state index contributed by atoms with van der Waals surface area (Å²) in [5.41, 5.74) is 5.55. The van der Waals surface area contributed by atoms with E-state index in [4.69, 9.17) is 9.47 Å². The van der Waals surface area contributed by atoms with Gasteiger partial charge in [-0.15, -0.1) is 0 Å². The summed E-state index contributed by atoms with van der Waals surface area (Å²) in [7, 11) is 0. The summed E-state index contributed by atoms with van der Waals surface area (Å²) in [6, 6.07) is 13.0. The molecule has 1 aliphatic heterocycles. The van der Waals surface area contributed by atoms with Gasteiger partial charge in [0.05, 0.1) is 0 Å². The van der Waals surface area contributed by atoms with E-state index in [1.165, 1.54) is 12.1 Å². The lowest BCUT2D eigenvalue weighted by atomic mass is 9.98. The highest BCUT2D eigenvalue weighted by Crippen LogP contribution is 2.30. The number of carbonyl (C=O) groups excluding carboxylic acids is 2. The van der Waals surface area contributed by atoms with Crippen molar-refractivity contribution in [3.05, 3.63) is 59.9 Å². The Morgan fingerprint density at radius 1 is 1.12 bits per heavy atom. The van der Waals surface area contributed by atoms with Crippen LogP contribution in [0.1, 0.15) is 24.8 Å². The highest BCUT2D eigenvalue weighted by molar-refractivity contribution is 5.85. The second-order valence-electron chi connectivity index (χ2n) is 6.06. The van der Waals surface area contributed by atoms with Crippen molar-refractivity contribution in [2.45, 2.75) is 25.4 Å². The molecule has 2 aromatic rings. The van der Waals surface area contributed by atoms with Crippen molar-refractivity contribution in [3.63, 3.8) is 0 Å². The minimum Gasteiger partial charge on any atom is -0.485 e. The molecule has 1 aliphatic rings. The summed E-state index contributed by atoms with van der Waals surface area (Å²) in [5.74, 6) is -0.235. The molecule has 7 heteroatoms. The number of fused-ring (bicyclic) bond motifs is 1. The fraction of sp³-hybridized carbons (Fsp3) is 0.263. The fourth-order valence-electron chi connectivity index (χ4n) is 2.60. The molecule has 2 atom stereocenters. The van der Waals surface area contributed by atoms with Crippen molar-refractivity contribution in [1.29, 1.82) is 0 Å². The Kier molecular flexibility index (Phi) is 5.36. The number of nitrogens with one attached hydrogen (secondary N) is 2. The first-order valence-electron chi connectivity index (χ1n) is 8.25. The first-order valence-corrected chi connectivity index (χ1v) is 8.25. The molecule has 6 nitrogen and oxygen atoms in total. The van der Waals surface area contributed by atoms with E-state index in [1.807, 2.05) is 13.0 Å². The molecule has 1 heterocycles. The minimum absolute atomic E-state index is 0.0602. The fourth-order valence-corrected chi connectivity index (χ4v) is 2.60. The lowest BCUT2D eigenvalue weighted by Gasteiger charge is -2.25. The van der Waals surface area contributed by atoms with Gasteiger partial charge in [-0.1, -0.05) is 31.2 Å². The standard InChI is InChI=1S/C19H19FN2O4/c1-12(13-6-8-14(20)9-7-13)10-18(23)21-22-19(24)17-11-25-15-4-2-3-5-16(15)26-17/h2-9,12,17H,10-11H2,1H3,(H,21,23)(H,22,24). The quantitative estimate of drug-likeness (QED) is 0.823. The second kappa shape index (κ2) is 7.86. The van der Waals surface area contributed by atoms with E-state index in [9.17, 15) is 14.0 Å². The third-order valence-corrected chi connectivity index (χ3v) is 4.06. The van der Waals surface area contributed by atoms with Crippen LogP contribution >= 0.6 is 0 Å². The van der Waals surface area contributed by atoms with Gasteiger partial charge in [-0.25, -0.2) is 4.39 Å². The summed E-state index contributed by atoms with van der Waals surface area (Å²) in [6.07, 6.45) is -0.698. The SMILES string of the molecule is CC(CC(=O)NNC(=O)C1COc2ccccc2O1)c1ccc(F)cc1. The average molecular weight is 358 g/mol. The zero-order chi connectivity index (χ0) is 18.5. The summed E-state index contributed by atoms with van der Waals surface area (Å²) in [4.78, 5) is 24.1. The summed E-state index contributed by atoms with van der Waals surface area (Å²) >= 11 is 0. The van der Waals surface area contributed by atoms with Crippen molar-refractivity contribution < 1.29 is 23.5 Å². The average Bonchev–Trinajstić information content (AvgIpc) is 2.66. The van der Waals surface area contributed by atoms with Gasteiger partial charge in [0.1, 0.15) is 12.4 Å². The number of hydrogen-bond donors (Lipinski definition) is 2. The van der Waals surface area contributed by atoms with E-state index in [-0.39, 0.29) is 30.7 Å². The maximum atomic E-state index is 12.9. The lowest BCUT2D eigenvalue weighted by molar-refractivity contribution is -0.135. The van der Waals surface area contributed by atoms with Crippen LogP contribution in [0.25, 0.3) is 0 Å². The molecule has 2 unspecified atom stereocenters. The summed E-state index contributed by atoms with van der Waals surface area (Å²) in [6.45, 7) is 1.91. The number of benzene rings is 2. The van der Waals surface area contributed by atoms with Gasteiger partial charge in [0, 0.05) is 6.42 Å². The molecule has 3 rings (SSSR count). The first-order chi connectivity index (χ1) is 12.5. The molecule has 0 bridgehead atoms. The smallest absolute Gasteiger partial charge is 0.283 e. The van der Waals surface area contributed by atoms with E-state index in [2.05, 4.69) is 10.9 Å². The molecule has 0 radical (unpaired) electrons. The number of hydrogen-bond acceptors (Lipinski definition) is 4. The van der Waals surface area contributed by atoms with E-state index >= 15 is 0 Å². The molecular weight excluding hydrogens is 339 g/mol. The van der Waals surface area contributed by atoms with Gasteiger partial charge in [0.15, 0.2) is 11.5 Å². The largest absolute Gasteiger partial charge is 0.485 e. The van der Waals surface area contributed by atoms with Gasteiger partial charge in [0.2, 0.25) is 12.0 Å². The van der Waals surface area contributed by atoms with Crippen LogP contribution in [0.5, 0.6) is 11.5 Å². The van der Waals surface area contributed by atoms with Gasteiger partial charge < -0.3 is 9.47 Å².